The van der Waals surface area contributed by atoms with Crippen molar-refractivity contribution in [3.05, 3.63) is 47.9 Å². The van der Waals surface area contributed by atoms with Crippen LogP contribution in [0.15, 0.2) is 36.5 Å². The largest absolute Gasteiger partial charge is 0.494 e. The van der Waals surface area contributed by atoms with Gasteiger partial charge < -0.3 is 14.8 Å². The monoisotopic (exact) mass is 290 g/mol. The Hall–Kier alpha value is -2.30. The summed E-state index contributed by atoms with van der Waals surface area (Å²) in [5, 5.41) is 3.30. The number of pyridine rings is 1. The molecule has 0 fully saturated rings. The van der Waals surface area contributed by atoms with Gasteiger partial charge in [0, 0.05) is 12.1 Å². The zero-order valence-electron chi connectivity index (χ0n) is 12.4. The van der Waals surface area contributed by atoms with Crippen molar-refractivity contribution in [2.24, 2.45) is 0 Å². The normalized spacial score (nSPS) is 11.8. The second kappa shape index (κ2) is 6.92. The maximum Gasteiger partial charge on any atom is 0.213 e. The SMILES string of the molecule is CCOc1ccc(NC(C)c2ccc(F)c(OC)c2)cn1. The van der Waals surface area contributed by atoms with Crippen molar-refractivity contribution in [2.45, 2.75) is 19.9 Å². The number of aromatic nitrogens is 1. The molecule has 2 rings (SSSR count). The molecular weight excluding hydrogens is 271 g/mol. The number of rotatable bonds is 6. The van der Waals surface area contributed by atoms with Crippen molar-refractivity contribution in [1.29, 1.82) is 0 Å². The summed E-state index contributed by atoms with van der Waals surface area (Å²) in [6.07, 6.45) is 1.71. The van der Waals surface area contributed by atoms with Gasteiger partial charge in [-0.15, -0.1) is 0 Å². The molecule has 0 aliphatic rings. The van der Waals surface area contributed by atoms with Crippen molar-refractivity contribution in [2.75, 3.05) is 19.0 Å². The van der Waals surface area contributed by atoms with Crippen molar-refractivity contribution in [3.63, 3.8) is 0 Å². The van der Waals surface area contributed by atoms with Crippen LogP contribution in [0.5, 0.6) is 11.6 Å². The number of nitrogens with one attached hydrogen (secondary N) is 1. The molecule has 0 aliphatic carbocycles. The lowest BCUT2D eigenvalue weighted by Gasteiger charge is -2.16. The second-order valence-corrected chi connectivity index (χ2v) is 4.58. The molecule has 112 valence electrons. The Morgan fingerprint density at radius 1 is 1.29 bits per heavy atom. The summed E-state index contributed by atoms with van der Waals surface area (Å²) in [5.74, 6) is 0.473. The minimum absolute atomic E-state index is 0.000700. The van der Waals surface area contributed by atoms with E-state index in [-0.39, 0.29) is 17.6 Å². The van der Waals surface area contributed by atoms with Gasteiger partial charge in [0.05, 0.1) is 25.6 Å². The van der Waals surface area contributed by atoms with Crippen molar-refractivity contribution < 1.29 is 13.9 Å². The second-order valence-electron chi connectivity index (χ2n) is 4.58. The molecule has 5 heteroatoms. The Morgan fingerprint density at radius 3 is 2.71 bits per heavy atom. The molecule has 1 atom stereocenters. The van der Waals surface area contributed by atoms with Gasteiger partial charge in [0.25, 0.3) is 0 Å². The molecule has 21 heavy (non-hydrogen) atoms. The van der Waals surface area contributed by atoms with E-state index in [1.807, 2.05) is 26.0 Å². The molecule has 4 nitrogen and oxygen atoms in total. The van der Waals surface area contributed by atoms with E-state index in [2.05, 4.69) is 10.3 Å². The van der Waals surface area contributed by atoms with E-state index in [0.29, 0.717) is 12.5 Å². The number of hydrogen-bond donors (Lipinski definition) is 1. The maximum absolute atomic E-state index is 13.4. The molecule has 1 heterocycles. The van der Waals surface area contributed by atoms with Crippen molar-refractivity contribution in [1.82, 2.24) is 4.98 Å². The fourth-order valence-electron chi connectivity index (χ4n) is 1.98. The molecule has 1 N–H and O–H groups in total. The average molecular weight is 290 g/mol. The number of methoxy groups -OCH3 is 1. The van der Waals surface area contributed by atoms with Gasteiger partial charge in [-0.3, -0.25) is 0 Å². The smallest absolute Gasteiger partial charge is 0.213 e. The lowest BCUT2D eigenvalue weighted by atomic mass is 10.1. The first-order valence-electron chi connectivity index (χ1n) is 6.83. The van der Waals surface area contributed by atoms with E-state index >= 15 is 0 Å². The molecule has 0 aliphatic heterocycles. The van der Waals surface area contributed by atoms with Gasteiger partial charge in [-0.2, -0.15) is 0 Å². The Balaban J connectivity index is 2.08. The molecule has 0 amide bonds. The van der Waals surface area contributed by atoms with Crippen LogP contribution in [0.1, 0.15) is 25.5 Å². The Kier molecular flexibility index (Phi) is 4.98. The molecule has 0 saturated carbocycles. The highest BCUT2D eigenvalue weighted by Gasteiger charge is 2.10. The average Bonchev–Trinajstić information content (AvgIpc) is 2.50. The third-order valence-corrected chi connectivity index (χ3v) is 3.09. The highest BCUT2D eigenvalue weighted by molar-refractivity contribution is 5.45. The van der Waals surface area contributed by atoms with E-state index in [1.165, 1.54) is 13.2 Å². The highest BCUT2D eigenvalue weighted by atomic mass is 19.1. The van der Waals surface area contributed by atoms with Gasteiger partial charge in [0.15, 0.2) is 11.6 Å². The van der Waals surface area contributed by atoms with Crippen LogP contribution in [-0.2, 0) is 0 Å². The Labute approximate surface area is 123 Å². The van der Waals surface area contributed by atoms with Gasteiger partial charge in [0.2, 0.25) is 5.88 Å². The molecule has 1 aromatic heterocycles. The molecule has 1 aromatic carbocycles. The zero-order chi connectivity index (χ0) is 15.2. The molecule has 0 saturated heterocycles. The number of anilines is 1. The predicted octanol–water partition coefficient (Wildman–Crippen LogP) is 3.80. The van der Waals surface area contributed by atoms with E-state index in [9.17, 15) is 4.39 Å². The lowest BCUT2D eigenvalue weighted by molar-refractivity contribution is 0.327. The van der Waals surface area contributed by atoms with Crippen LogP contribution in [0.2, 0.25) is 0 Å². The summed E-state index contributed by atoms with van der Waals surface area (Å²) in [6, 6.07) is 8.54. The fourth-order valence-corrected chi connectivity index (χ4v) is 1.98. The van der Waals surface area contributed by atoms with Gasteiger partial charge in [-0.1, -0.05) is 6.07 Å². The number of nitrogens with zero attached hydrogens (tertiary/aromatic N) is 1. The molecule has 1 unspecified atom stereocenters. The van der Waals surface area contributed by atoms with Gasteiger partial charge >= 0.3 is 0 Å². The van der Waals surface area contributed by atoms with Crippen LogP contribution in [0.4, 0.5) is 10.1 Å². The Morgan fingerprint density at radius 2 is 2.10 bits per heavy atom. The van der Waals surface area contributed by atoms with Crippen LogP contribution in [0, 0.1) is 5.82 Å². The first-order chi connectivity index (χ1) is 10.1. The van der Waals surface area contributed by atoms with Crippen LogP contribution in [0.3, 0.4) is 0 Å². The van der Waals surface area contributed by atoms with Crippen LogP contribution < -0.4 is 14.8 Å². The van der Waals surface area contributed by atoms with Crippen LogP contribution >= 0.6 is 0 Å². The first-order valence-corrected chi connectivity index (χ1v) is 6.83. The minimum Gasteiger partial charge on any atom is -0.494 e. The zero-order valence-corrected chi connectivity index (χ0v) is 12.4. The lowest BCUT2D eigenvalue weighted by Crippen LogP contribution is -2.07. The number of ether oxygens (including phenoxy) is 2. The third-order valence-electron chi connectivity index (χ3n) is 3.09. The molecular formula is C16H19FN2O2. The van der Waals surface area contributed by atoms with Crippen LogP contribution in [0.25, 0.3) is 0 Å². The van der Waals surface area contributed by atoms with E-state index in [4.69, 9.17) is 9.47 Å². The Bertz CT molecular complexity index is 587. The summed E-state index contributed by atoms with van der Waals surface area (Å²) >= 11 is 0. The summed E-state index contributed by atoms with van der Waals surface area (Å²) < 4.78 is 23.7. The quantitative estimate of drug-likeness (QED) is 0.878. The number of benzene rings is 1. The standard InChI is InChI=1S/C16H19FN2O2/c1-4-21-16-8-6-13(10-18-16)19-11(2)12-5-7-14(17)15(9-12)20-3/h5-11,19H,4H2,1-3H3. The first kappa shape index (κ1) is 15.1. The summed E-state index contributed by atoms with van der Waals surface area (Å²) in [7, 11) is 1.46. The van der Waals surface area contributed by atoms with Crippen molar-refractivity contribution >= 4 is 5.69 Å². The van der Waals surface area contributed by atoms with Gasteiger partial charge in [-0.05, 0) is 37.6 Å². The predicted molar refractivity (Wildman–Crippen MR) is 80.4 cm³/mol. The van der Waals surface area contributed by atoms with Crippen molar-refractivity contribution in [3.8, 4) is 11.6 Å². The van der Waals surface area contributed by atoms with Crippen LogP contribution in [-0.4, -0.2) is 18.7 Å². The number of halogens is 1. The summed E-state index contributed by atoms with van der Waals surface area (Å²) in [4.78, 5) is 4.19. The molecule has 0 radical (unpaired) electrons. The maximum atomic E-state index is 13.4. The molecule has 0 spiro atoms. The molecule has 2 aromatic rings. The van der Waals surface area contributed by atoms with E-state index in [1.54, 1.807) is 18.3 Å². The highest BCUT2D eigenvalue weighted by Crippen LogP contribution is 2.25. The summed E-state index contributed by atoms with van der Waals surface area (Å²) in [6.45, 7) is 4.49. The van der Waals surface area contributed by atoms with E-state index < -0.39 is 0 Å². The topological polar surface area (TPSA) is 43.4 Å². The van der Waals surface area contributed by atoms with Gasteiger partial charge in [-0.25, -0.2) is 9.37 Å². The third kappa shape index (κ3) is 3.84. The molecule has 0 bridgehead atoms. The van der Waals surface area contributed by atoms with Gasteiger partial charge in [0.1, 0.15) is 0 Å². The number of hydrogen-bond acceptors (Lipinski definition) is 4. The minimum atomic E-state index is -0.365. The van der Waals surface area contributed by atoms with E-state index in [0.717, 1.165) is 11.3 Å². The summed E-state index contributed by atoms with van der Waals surface area (Å²) in [5.41, 5.74) is 1.80. The fraction of sp³-hybridized carbons (Fsp3) is 0.312.